The van der Waals surface area contributed by atoms with Gasteiger partial charge < -0.3 is 14.2 Å². The Labute approximate surface area is 112 Å². The minimum atomic E-state index is -0.568. The highest BCUT2D eigenvalue weighted by Gasteiger charge is 2.26. The van der Waals surface area contributed by atoms with Gasteiger partial charge in [0, 0.05) is 6.61 Å². The Morgan fingerprint density at radius 3 is 3.00 bits per heavy atom. The number of rotatable bonds is 5. The first kappa shape index (κ1) is 14.0. The largest absolute Gasteiger partial charge is 0.447 e. The SMILES string of the molecule is O=C(/C=C/CCOC1CCCCO1)N1CCOC1=O. The molecule has 0 spiro atoms. The molecule has 6 heteroatoms. The number of carbonyl (C=O) groups is 2. The molecule has 2 aliphatic heterocycles. The highest BCUT2D eigenvalue weighted by atomic mass is 16.7. The van der Waals surface area contributed by atoms with Crippen LogP contribution in [0.5, 0.6) is 0 Å². The molecule has 2 amide bonds. The van der Waals surface area contributed by atoms with Crippen molar-refractivity contribution < 1.29 is 23.8 Å². The summed E-state index contributed by atoms with van der Waals surface area (Å²) < 4.78 is 15.6. The van der Waals surface area contributed by atoms with Gasteiger partial charge in [-0.05, 0) is 31.8 Å². The van der Waals surface area contributed by atoms with Crippen LogP contribution in [0.4, 0.5) is 4.79 Å². The number of nitrogens with zero attached hydrogens (tertiary/aromatic N) is 1. The number of carbonyl (C=O) groups excluding carboxylic acids is 2. The molecule has 0 bridgehead atoms. The third-order valence-corrected chi connectivity index (χ3v) is 3.01. The average Bonchev–Trinajstić information content (AvgIpc) is 2.86. The van der Waals surface area contributed by atoms with Crippen molar-refractivity contribution in [3.05, 3.63) is 12.2 Å². The van der Waals surface area contributed by atoms with Crippen LogP contribution in [0, 0.1) is 0 Å². The lowest BCUT2D eigenvalue weighted by atomic mass is 10.2. The standard InChI is InChI=1S/C13H19NO5/c15-11(14-7-10-19-13(14)16)5-1-3-8-17-12-6-2-4-9-18-12/h1,5,12H,2-4,6-10H2/b5-1+. The molecule has 2 rings (SSSR count). The van der Waals surface area contributed by atoms with Crippen molar-refractivity contribution in [1.29, 1.82) is 0 Å². The third kappa shape index (κ3) is 4.33. The van der Waals surface area contributed by atoms with Crippen LogP contribution in [0.2, 0.25) is 0 Å². The molecule has 0 radical (unpaired) electrons. The maximum absolute atomic E-state index is 11.6. The summed E-state index contributed by atoms with van der Waals surface area (Å²) in [5.41, 5.74) is 0. The molecule has 1 atom stereocenters. The summed E-state index contributed by atoms with van der Waals surface area (Å²) in [5.74, 6) is -0.337. The summed E-state index contributed by atoms with van der Waals surface area (Å²) >= 11 is 0. The Hall–Kier alpha value is -1.40. The quantitative estimate of drug-likeness (QED) is 0.558. The van der Waals surface area contributed by atoms with E-state index in [2.05, 4.69) is 4.74 Å². The van der Waals surface area contributed by atoms with E-state index in [-0.39, 0.29) is 18.8 Å². The zero-order valence-corrected chi connectivity index (χ0v) is 10.9. The second-order valence-corrected chi connectivity index (χ2v) is 4.46. The van der Waals surface area contributed by atoms with Crippen molar-refractivity contribution in [2.24, 2.45) is 0 Å². The van der Waals surface area contributed by atoms with Crippen molar-refractivity contribution in [2.45, 2.75) is 32.0 Å². The highest BCUT2D eigenvalue weighted by Crippen LogP contribution is 2.13. The normalized spacial score (nSPS) is 23.9. The van der Waals surface area contributed by atoms with Gasteiger partial charge in [-0.1, -0.05) is 6.08 Å². The molecule has 2 aliphatic rings. The summed E-state index contributed by atoms with van der Waals surface area (Å²) in [5, 5.41) is 0. The van der Waals surface area contributed by atoms with Gasteiger partial charge in [0.25, 0.3) is 5.91 Å². The van der Waals surface area contributed by atoms with Gasteiger partial charge in [0.2, 0.25) is 0 Å². The van der Waals surface area contributed by atoms with Gasteiger partial charge in [0.05, 0.1) is 13.2 Å². The lowest BCUT2D eigenvalue weighted by molar-refractivity contribution is -0.161. The number of ether oxygens (including phenoxy) is 3. The first-order valence-electron chi connectivity index (χ1n) is 6.65. The van der Waals surface area contributed by atoms with Crippen LogP contribution in [0.1, 0.15) is 25.7 Å². The lowest BCUT2D eigenvalue weighted by Gasteiger charge is -2.22. The molecule has 0 aromatic carbocycles. The fraction of sp³-hybridized carbons (Fsp3) is 0.692. The molecule has 0 aromatic rings. The Kier molecular flexibility index (Phi) is 5.35. The Morgan fingerprint density at radius 1 is 1.42 bits per heavy atom. The van der Waals surface area contributed by atoms with E-state index >= 15 is 0 Å². The summed E-state index contributed by atoms with van der Waals surface area (Å²) in [4.78, 5) is 23.8. The zero-order valence-electron chi connectivity index (χ0n) is 10.9. The molecule has 19 heavy (non-hydrogen) atoms. The lowest BCUT2D eigenvalue weighted by Crippen LogP contribution is -2.29. The Bertz CT molecular complexity index is 349. The predicted molar refractivity (Wildman–Crippen MR) is 66.4 cm³/mol. The minimum Gasteiger partial charge on any atom is -0.447 e. The predicted octanol–water partition coefficient (Wildman–Crippen LogP) is 1.45. The first-order valence-corrected chi connectivity index (χ1v) is 6.65. The van der Waals surface area contributed by atoms with Crippen molar-refractivity contribution >= 4 is 12.0 Å². The van der Waals surface area contributed by atoms with Gasteiger partial charge in [-0.25, -0.2) is 9.69 Å². The maximum atomic E-state index is 11.6. The smallest absolute Gasteiger partial charge is 0.416 e. The van der Waals surface area contributed by atoms with E-state index in [1.54, 1.807) is 6.08 Å². The minimum absolute atomic E-state index is 0.105. The molecular formula is C13H19NO5. The van der Waals surface area contributed by atoms with Gasteiger partial charge in [-0.15, -0.1) is 0 Å². The average molecular weight is 269 g/mol. The van der Waals surface area contributed by atoms with Crippen molar-refractivity contribution in [2.75, 3.05) is 26.4 Å². The summed E-state index contributed by atoms with van der Waals surface area (Å²) in [7, 11) is 0. The number of cyclic esters (lactones) is 1. The van der Waals surface area contributed by atoms with Crippen molar-refractivity contribution in [3.8, 4) is 0 Å². The van der Waals surface area contributed by atoms with Crippen LogP contribution in [0.25, 0.3) is 0 Å². The Morgan fingerprint density at radius 2 is 2.32 bits per heavy atom. The summed E-state index contributed by atoms with van der Waals surface area (Å²) in [6, 6.07) is 0. The molecule has 2 saturated heterocycles. The number of imide groups is 1. The van der Waals surface area contributed by atoms with Crippen LogP contribution in [-0.4, -0.2) is 49.6 Å². The van der Waals surface area contributed by atoms with Gasteiger partial charge in [-0.2, -0.15) is 0 Å². The van der Waals surface area contributed by atoms with E-state index in [9.17, 15) is 9.59 Å². The van der Waals surface area contributed by atoms with Crippen LogP contribution in [0.3, 0.4) is 0 Å². The van der Waals surface area contributed by atoms with E-state index in [4.69, 9.17) is 9.47 Å². The van der Waals surface area contributed by atoms with Gasteiger partial charge >= 0.3 is 6.09 Å². The monoisotopic (exact) mass is 269 g/mol. The molecule has 0 aromatic heterocycles. The maximum Gasteiger partial charge on any atom is 0.416 e. The van der Waals surface area contributed by atoms with Gasteiger partial charge in [-0.3, -0.25) is 4.79 Å². The van der Waals surface area contributed by atoms with Crippen molar-refractivity contribution in [1.82, 2.24) is 4.90 Å². The van der Waals surface area contributed by atoms with E-state index in [0.29, 0.717) is 19.6 Å². The highest BCUT2D eigenvalue weighted by molar-refractivity contribution is 5.99. The topological polar surface area (TPSA) is 65.1 Å². The fourth-order valence-corrected chi connectivity index (χ4v) is 1.98. The van der Waals surface area contributed by atoms with Crippen LogP contribution < -0.4 is 0 Å². The number of hydrogen-bond donors (Lipinski definition) is 0. The molecule has 1 unspecified atom stereocenters. The second kappa shape index (κ2) is 7.25. The van der Waals surface area contributed by atoms with Crippen LogP contribution >= 0.6 is 0 Å². The van der Waals surface area contributed by atoms with E-state index < -0.39 is 6.09 Å². The van der Waals surface area contributed by atoms with Gasteiger partial charge in [0.1, 0.15) is 6.61 Å². The molecular weight excluding hydrogens is 250 g/mol. The summed E-state index contributed by atoms with van der Waals surface area (Å²) in [6.07, 6.45) is 6.20. The van der Waals surface area contributed by atoms with E-state index in [0.717, 1.165) is 30.8 Å². The molecule has 106 valence electrons. The van der Waals surface area contributed by atoms with Crippen LogP contribution in [0.15, 0.2) is 12.2 Å². The van der Waals surface area contributed by atoms with Gasteiger partial charge in [0.15, 0.2) is 6.29 Å². The second-order valence-electron chi connectivity index (χ2n) is 4.46. The third-order valence-electron chi connectivity index (χ3n) is 3.01. The molecule has 2 fully saturated rings. The molecule has 2 heterocycles. The molecule has 6 nitrogen and oxygen atoms in total. The molecule has 0 aliphatic carbocycles. The van der Waals surface area contributed by atoms with Crippen LogP contribution in [-0.2, 0) is 19.0 Å². The Balaban J connectivity index is 1.60. The molecule has 0 saturated carbocycles. The molecule has 0 N–H and O–H groups in total. The number of hydrogen-bond acceptors (Lipinski definition) is 5. The number of amides is 2. The first-order chi connectivity index (χ1) is 9.27. The van der Waals surface area contributed by atoms with E-state index in [1.807, 2.05) is 0 Å². The fourth-order valence-electron chi connectivity index (χ4n) is 1.98. The summed E-state index contributed by atoms with van der Waals surface area (Å²) in [6.45, 7) is 1.88. The van der Waals surface area contributed by atoms with Crippen molar-refractivity contribution in [3.63, 3.8) is 0 Å². The zero-order chi connectivity index (χ0) is 13.5. The van der Waals surface area contributed by atoms with E-state index in [1.165, 1.54) is 6.08 Å².